The summed E-state index contributed by atoms with van der Waals surface area (Å²) in [5.41, 5.74) is 0.928. The van der Waals surface area contributed by atoms with Gasteiger partial charge in [0.25, 0.3) is 0 Å². The van der Waals surface area contributed by atoms with Crippen LogP contribution in [0, 0.1) is 5.82 Å². The van der Waals surface area contributed by atoms with Crippen molar-refractivity contribution in [1.29, 1.82) is 0 Å². The molecule has 2 N–H and O–H groups in total. The van der Waals surface area contributed by atoms with Gasteiger partial charge in [0, 0.05) is 26.1 Å². The van der Waals surface area contributed by atoms with Crippen LogP contribution in [-0.4, -0.2) is 38.1 Å². The highest BCUT2D eigenvalue weighted by atomic mass is 19.1. The Bertz CT molecular complexity index is 462. The third-order valence-corrected chi connectivity index (χ3v) is 2.97. The fourth-order valence-corrected chi connectivity index (χ4v) is 1.92. The summed E-state index contributed by atoms with van der Waals surface area (Å²) in [6.45, 7) is 2.48. The van der Waals surface area contributed by atoms with Gasteiger partial charge in [0.15, 0.2) is 0 Å². The molecule has 1 aromatic rings. The van der Waals surface area contributed by atoms with Crippen molar-refractivity contribution in [3.63, 3.8) is 0 Å². The summed E-state index contributed by atoms with van der Waals surface area (Å²) in [6, 6.07) is 6.03. The number of esters is 1. The average molecular weight is 296 g/mol. The highest BCUT2D eigenvalue weighted by Crippen LogP contribution is 2.08. The molecule has 1 rings (SSSR count). The topological polar surface area (TPSA) is 67.4 Å². The Kier molecular flexibility index (Phi) is 7.39. The number of hydrogen-bond acceptors (Lipinski definition) is 4. The van der Waals surface area contributed by atoms with E-state index in [1.165, 1.54) is 26.2 Å². The third-order valence-electron chi connectivity index (χ3n) is 2.97. The lowest BCUT2D eigenvalue weighted by molar-refractivity contribution is -0.141. The van der Waals surface area contributed by atoms with E-state index in [9.17, 15) is 14.0 Å². The highest BCUT2D eigenvalue weighted by Gasteiger charge is 2.14. The van der Waals surface area contributed by atoms with Crippen molar-refractivity contribution in [3.05, 3.63) is 35.6 Å². The minimum absolute atomic E-state index is 0.0974. The van der Waals surface area contributed by atoms with E-state index >= 15 is 0 Å². The molecule has 6 heteroatoms. The van der Waals surface area contributed by atoms with Gasteiger partial charge in [-0.05, 0) is 24.1 Å². The van der Waals surface area contributed by atoms with Crippen molar-refractivity contribution in [3.8, 4) is 0 Å². The van der Waals surface area contributed by atoms with Crippen LogP contribution in [0.2, 0.25) is 0 Å². The Labute approximate surface area is 123 Å². The van der Waals surface area contributed by atoms with E-state index in [0.29, 0.717) is 19.5 Å². The maximum Gasteiger partial charge on any atom is 0.307 e. The van der Waals surface area contributed by atoms with Crippen LogP contribution in [-0.2, 0) is 20.7 Å². The lowest BCUT2D eigenvalue weighted by Crippen LogP contribution is -2.39. The number of rotatable bonds is 8. The molecule has 1 unspecified atom stereocenters. The normalized spacial score (nSPS) is 11.8. The molecule has 0 bridgehead atoms. The smallest absolute Gasteiger partial charge is 0.307 e. The van der Waals surface area contributed by atoms with Crippen LogP contribution in [0.4, 0.5) is 4.39 Å². The summed E-state index contributed by atoms with van der Waals surface area (Å²) < 4.78 is 17.6. The van der Waals surface area contributed by atoms with E-state index in [-0.39, 0.29) is 30.2 Å². The second kappa shape index (κ2) is 9.07. The highest BCUT2D eigenvalue weighted by molar-refractivity contribution is 5.72. The lowest BCUT2D eigenvalue weighted by Gasteiger charge is -2.18. The Morgan fingerprint density at radius 3 is 2.48 bits per heavy atom. The molecule has 0 aliphatic carbocycles. The van der Waals surface area contributed by atoms with Gasteiger partial charge in [0.05, 0.1) is 13.5 Å². The van der Waals surface area contributed by atoms with Gasteiger partial charge >= 0.3 is 5.97 Å². The van der Waals surface area contributed by atoms with Crippen LogP contribution >= 0.6 is 0 Å². The zero-order chi connectivity index (χ0) is 15.7. The number of halogens is 1. The number of ether oxygens (including phenoxy) is 1. The summed E-state index contributed by atoms with van der Waals surface area (Å²) in [7, 11) is 1.34. The minimum atomic E-state index is -0.311. The van der Waals surface area contributed by atoms with Gasteiger partial charge in [-0.25, -0.2) is 4.39 Å². The van der Waals surface area contributed by atoms with Crippen LogP contribution in [0.25, 0.3) is 0 Å². The summed E-state index contributed by atoms with van der Waals surface area (Å²) in [4.78, 5) is 22.2. The predicted octanol–water partition coefficient (Wildman–Crippen LogP) is 1.03. The number of amides is 1. The third kappa shape index (κ3) is 7.41. The molecule has 0 aliphatic rings. The molecular weight excluding hydrogens is 275 g/mol. The summed E-state index contributed by atoms with van der Waals surface area (Å²) in [5, 5.41) is 5.87. The Balaban J connectivity index is 2.52. The molecule has 5 nitrogen and oxygen atoms in total. The average Bonchev–Trinajstić information content (AvgIpc) is 2.45. The van der Waals surface area contributed by atoms with Gasteiger partial charge in [0.1, 0.15) is 5.82 Å². The maximum absolute atomic E-state index is 12.9. The monoisotopic (exact) mass is 296 g/mol. The number of nitrogens with one attached hydrogen (secondary N) is 2. The molecule has 0 spiro atoms. The number of carbonyl (C=O) groups is 2. The first-order valence-corrected chi connectivity index (χ1v) is 6.80. The van der Waals surface area contributed by atoms with E-state index in [1.54, 1.807) is 12.1 Å². The standard InChI is InChI=1S/C15H21FN2O3/c1-11(19)17-7-8-18-14(10-15(20)21-2)9-12-3-5-13(16)6-4-12/h3-6,14,18H,7-10H2,1-2H3,(H,17,19). The molecule has 0 fully saturated rings. The number of carbonyl (C=O) groups excluding carboxylic acids is 2. The van der Waals surface area contributed by atoms with Crippen molar-refractivity contribution in [1.82, 2.24) is 10.6 Å². The molecule has 0 radical (unpaired) electrons. The first-order valence-electron chi connectivity index (χ1n) is 6.80. The SMILES string of the molecule is COC(=O)CC(Cc1ccc(F)cc1)NCCNC(C)=O. The van der Waals surface area contributed by atoms with Crippen LogP contribution in [0.5, 0.6) is 0 Å². The molecule has 0 heterocycles. The zero-order valence-corrected chi connectivity index (χ0v) is 12.3. The van der Waals surface area contributed by atoms with Crippen LogP contribution in [0.1, 0.15) is 18.9 Å². The Morgan fingerprint density at radius 2 is 1.90 bits per heavy atom. The molecule has 0 saturated carbocycles. The number of hydrogen-bond donors (Lipinski definition) is 2. The van der Waals surface area contributed by atoms with Gasteiger partial charge in [-0.2, -0.15) is 0 Å². The van der Waals surface area contributed by atoms with Crippen molar-refractivity contribution < 1.29 is 18.7 Å². The first-order chi connectivity index (χ1) is 10.0. The molecule has 0 saturated heterocycles. The van der Waals surface area contributed by atoms with Gasteiger partial charge < -0.3 is 15.4 Å². The summed E-state index contributed by atoms with van der Waals surface area (Å²) in [6.07, 6.45) is 0.795. The second-order valence-electron chi connectivity index (χ2n) is 4.74. The maximum atomic E-state index is 12.9. The fraction of sp³-hybridized carbons (Fsp3) is 0.467. The van der Waals surface area contributed by atoms with E-state index < -0.39 is 0 Å². The number of methoxy groups -OCH3 is 1. The van der Waals surface area contributed by atoms with Gasteiger partial charge in [-0.3, -0.25) is 9.59 Å². The van der Waals surface area contributed by atoms with Crippen LogP contribution < -0.4 is 10.6 Å². The van der Waals surface area contributed by atoms with Crippen molar-refractivity contribution in [2.75, 3.05) is 20.2 Å². The Hall–Kier alpha value is -1.95. The van der Waals surface area contributed by atoms with Gasteiger partial charge in [0.2, 0.25) is 5.91 Å². The minimum Gasteiger partial charge on any atom is -0.469 e. The molecular formula is C15H21FN2O3. The largest absolute Gasteiger partial charge is 0.469 e. The second-order valence-corrected chi connectivity index (χ2v) is 4.74. The summed E-state index contributed by atoms with van der Waals surface area (Å²) >= 11 is 0. The molecule has 21 heavy (non-hydrogen) atoms. The zero-order valence-electron chi connectivity index (χ0n) is 12.3. The molecule has 1 atom stereocenters. The van der Waals surface area contributed by atoms with Gasteiger partial charge in [-0.1, -0.05) is 12.1 Å². The van der Waals surface area contributed by atoms with Crippen LogP contribution in [0.3, 0.4) is 0 Å². The summed E-state index contributed by atoms with van der Waals surface area (Å²) in [5.74, 6) is -0.698. The lowest BCUT2D eigenvalue weighted by atomic mass is 10.0. The molecule has 1 aromatic carbocycles. The van der Waals surface area contributed by atoms with E-state index in [1.807, 2.05) is 0 Å². The Morgan fingerprint density at radius 1 is 1.24 bits per heavy atom. The van der Waals surface area contributed by atoms with Crippen molar-refractivity contribution in [2.24, 2.45) is 0 Å². The van der Waals surface area contributed by atoms with E-state index in [4.69, 9.17) is 0 Å². The molecule has 1 amide bonds. The first kappa shape index (κ1) is 17.1. The van der Waals surface area contributed by atoms with Crippen molar-refractivity contribution >= 4 is 11.9 Å². The van der Waals surface area contributed by atoms with Gasteiger partial charge in [-0.15, -0.1) is 0 Å². The quantitative estimate of drug-likeness (QED) is 0.555. The molecule has 116 valence electrons. The fourth-order valence-electron chi connectivity index (χ4n) is 1.92. The van der Waals surface area contributed by atoms with Crippen LogP contribution in [0.15, 0.2) is 24.3 Å². The van der Waals surface area contributed by atoms with E-state index in [0.717, 1.165) is 5.56 Å². The van der Waals surface area contributed by atoms with E-state index in [2.05, 4.69) is 15.4 Å². The number of benzene rings is 1. The van der Waals surface area contributed by atoms with Crippen molar-refractivity contribution in [2.45, 2.75) is 25.8 Å². The molecule has 0 aliphatic heterocycles. The molecule has 0 aromatic heterocycles. The predicted molar refractivity (Wildman–Crippen MR) is 77.2 cm³/mol.